The van der Waals surface area contributed by atoms with E-state index in [2.05, 4.69) is 0 Å². The van der Waals surface area contributed by atoms with Gasteiger partial charge in [0.2, 0.25) is 0 Å². The number of benzene rings is 1. The zero-order chi connectivity index (χ0) is 10.6. The molecule has 6 nitrogen and oxygen atoms in total. The molecule has 0 saturated heterocycles. The second-order valence-corrected chi connectivity index (χ2v) is 2.64. The van der Waals surface area contributed by atoms with Crippen LogP contribution in [-0.2, 0) is 0 Å². The number of hydrogen-bond acceptors (Lipinski definition) is 4. The van der Waals surface area contributed by atoms with Gasteiger partial charge in [-0.25, -0.2) is 10.1 Å². The summed E-state index contributed by atoms with van der Waals surface area (Å²) < 4.78 is 0. The number of hydrogen-bond donors (Lipinski definition) is 2. The van der Waals surface area contributed by atoms with Gasteiger partial charge in [0.05, 0.1) is 0 Å². The summed E-state index contributed by atoms with van der Waals surface area (Å²) >= 11 is 0. The van der Waals surface area contributed by atoms with Crippen molar-refractivity contribution < 1.29 is 15.2 Å². The lowest BCUT2D eigenvalue weighted by Gasteiger charge is -2.14. The molecule has 0 aliphatic carbocycles. The molecular weight excluding hydrogens is 188 g/mol. The van der Waals surface area contributed by atoms with E-state index in [1.54, 1.807) is 18.2 Å². The van der Waals surface area contributed by atoms with Crippen LogP contribution >= 0.6 is 0 Å². The van der Waals surface area contributed by atoms with Crippen LogP contribution in [0.3, 0.4) is 0 Å². The number of para-hydroxylation sites is 1. The summed E-state index contributed by atoms with van der Waals surface area (Å²) in [7, 11) is 0. The van der Waals surface area contributed by atoms with Gasteiger partial charge in [-0.05, 0) is 12.1 Å². The Morgan fingerprint density at radius 3 is 2.36 bits per heavy atom. The predicted molar refractivity (Wildman–Crippen MR) is 49.0 cm³/mol. The molecule has 0 fully saturated rings. The first kappa shape index (κ1) is 10.4. The monoisotopic (exact) mass is 198 g/mol. The molecule has 0 aliphatic rings. The van der Waals surface area contributed by atoms with E-state index in [4.69, 9.17) is 10.2 Å². The fourth-order valence-corrected chi connectivity index (χ4v) is 1.02. The molecule has 0 aromatic heterocycles. The fourth-order valence-electron chi connectivity index (χ4n) is 1.02. The summed E-state index contributed by atoms with van der Waals surface area (Å²) in [6, 6.07) is 8.03. The van der Waals surface area contributed by atoms with Gasteiger partial charge in [0.1, 0.15) is 12.2 Å². The van der Waals surface area contributed by atoms with E-state index >= 15 is 0 Å². The average molecular weight is 198 g/mol. The molecule has 0 aliphatic heterocycles. The molecule has 0 heterocycles. The molecule has 6 heteroatoms. The number of nitro groups is 1. The summed E-state index contributed by atoms with van der Waals surface area (Å²) in [5, 5.41) is 27.8. The maximum absolute atomic E-state index is 10.5. The maximum Gasteiger partial charge on any atom is 0.175 e. The Labute approximate surface area is 80.1 Å². The van der Waals surface area contributed by atoms with Crippen molar-refractivity contribution in [1.29, 1.82) is 0 Å². The van der Waals surface area contributed by atoms with Gasteiger partial charge in [-0.1, -0.05) is 23.2 Å². The zero-order valence-electron chi connectivity index (χ0n) is 7.28. The van der Waals surface area contributed by atoms with Crippen LogP contribution in [0.5, 0.6) is 0 Å². The van der Waals surface area contributed by atoms with Crippen molar-refractivity contribution in [3.63, 3.8) is 0 Å². The molecule has 0 saturated carbocycles. The Kier molecular flexibility index (Phi) is 3.38. The Morgan fingerprint density at radius 1 is 1.36 bits per heavy atom. The topological polar surface area (TPSA) is 86.8 Å². The van der Waals surface area contributed by atoms with E-state index in [0.29, 0.717) is 10.7 Å². The van der Waals surface area contributed by atoms with Gasteiger partial charge < -0.3 is 10.2 Å². The van der Waals surface area contributed by atoms with Gasteiger partial charge in [-0.15, -0.1) is 0 Å². The van der Waals surface area contributed by atoms with Crippen LogP contribution in [0, 0.1) is 10.1 Å². The first-order chi connectivity index (χ1) is 6.61. The van der Waals surface area contributed by atoms with Crippen molar-refractivity contribution in [2.24, 2.45) is 0 Å². The molecule has 0 amide bonds. The first-order valence-electron chi connectivity index (χ1n) is 3.94. The van der Waals surface area contributed by atoms with Crippen LogP contribution in [0.15, 0.2) is 30.3 Å². The van der Waals surface area contributed by atoms with Gasteiger partial charge in [0.15, 0.2) is 11.3 Å². The van der Waals surface area contributed by atoms with Gasteiger partial charge in [-0.2, -0.15) is 0 Å². The van der Waals surface area contributed by atoms with Crippen molar-refractivity contribution in [1.82, 2.24) is 0 Å². The smallest absolute Gasteiger partial charge is 0.175 e. The third-order valence-corrected chi connectivity index (χ3v) is 1.59. The van der Waals surface area contributed by atoms with Gasteiger partial charge in [-0.3, -0.25) is 0 Å². The maximum atomic E-state index is 10.5. The van der Waals surface area contributed by atoms with Crippen LogP contribution < -0.4 is 5.01 Å². The molecule has 0 radical (unpaired) electrons. The van der Waals surface area contributed by atoms with Crippen LogP contribution in [0.1, 0.15) is 0 Å². The second-order valence-electron chi connectivity index (χ2n) is 2.64. The molecule has 0 bridgehead atoms. The van der Waals surface area contributed by atoms with E-state index in [0.717, 1.165) is 0 Å². The largest absolute Gasteiger partial charge is 0.366 e. The summed E-state index contributed by atoms with van der Waals surface area (Å²) in [4.78, 5) is 10.5. The Morgan fingerprint density at radius 2 is 1.93 bits per heavy atom. The molecule has 0 atom stereocenters. The third kappa shape index (κ3) is 2.68. The Bertz CT molecular complexity index is 301. The van der Waals surface area contributed by atoms with Crippen molar-refractivity contribution in [2.45, 2.75) is 6.29 Å². The van der Waals surface area contributed by atoms with Crippen molar-refractivity contribution in [2.75, 3.05) is 11.6 Å². The van der Waals surface area contributed by atoms with Crippen molar-refractivity contribution in [3.05, 3.63) is 40.4 Å². The lowest BCUT2D eigenvalue weighted by atomic mass is 10.3. The van der Waals surface area contributed by atoms with E-state index in [9.17, 15) is 10.1 Å². The highest BCUT2D eigenvalue weighted by Crippen LogP contribution is 2.12. The van der Waals surface area contributed by atoms with E-state index in [-0.39, 0.29) is 0 Å². The van der Waals surface area contributed by atoms with Crippen LogP contribution in [0.2, 0.25) is 0 Å². The molecule has 1 rings (SSSR count). The zero-order valence-corrected chi connectivity index (χ0v) is 7.28. The Hall–Kier alpha value is -1.66. The quantitative estimate of drug-likeness (QED) is 0.404. The van der Waals surface area contributed by atoms with Gasteiger partial charge in [0.25, 0.3) is 0 Å². The van der Waals surface area contributed by atoms with Gasteiger partial charge >= 0.3 is 0 Å². The first-order valence-corrected chi connectivity index (χ1v) is 3.94. The molecule has 1 aromatic carbocycles. The summed E-state index contributed by atoms with van der Waals surface area (Å²) in [5.41, 5.74) is 0.311. The number of anilines is 1. The highest BCUT2D eigenvalue weighted by molar-refractivity contribution is 5.42. The number of nitrogens with zero attached hydrogens (tertiary/aromatic N) is 2. The van der Waals surface area contributed by atoms with Crippen molar-refractivity contribution >= 4 is 5.69 Å². The van der Waals surface area contributed by atoms with Crippen LogP contribution in [0.25, 0.3) is 0 Å². The molecule has 0 unspecified atom stereocenters. The minimum absolute atomic E-state index is 0.311. The lowest BCUT2D eigenvalue weighted by molar-refractivity contribution is -0.497. The molecule has 1 aromatic rings. The van der Waals surface area contributed by atoms with Crippen molar-refractivity contribution in [3.8, 4) is 0 Å². The number of aliphatic hydroxyl groups excluding tert-OH is 1. The van der Waals surface area contributed by atoms with Crippen LogP contribution in [-0.4, -0.2) is 28.1 Å². The average Bonchev–Trinajstić information content (AvgIpc) is 2.15. The van der Waals surface area contributed by atoms with E-state index < -0.39 is 17.9 Å². The normalized spacial score (nSPS) is 10.2. The Balaban J connectivity index is 2.84. The number of hydrazine groups is 1. The minimum atomic E-state index is -1.74. The number of aliphatic hydroxyl groups is 2. The fraction of sp³-hybridized carbons (Fsp3) is 0.250. The summed E-state index contributed by atoms with van der Waals surface area (Å²) in [5.74, 6) is 0. The van der Waals surface area contributed by atoms with E-state index in [1.165, 1.54) is 12.1 Å². The minimum Gasteiger partial charge on any atom is -0.366 e. The van der Waals surface area contributed by atoms with E-state index in [1.807, 2.05) is 0 Å². The summed E-state index contributed by atoms with van der Waals surface area (Å²) in [6.45, 7) is -0.461. The molecule has 0 spiro atoms. The standard InChI is InChI=1S/C8H10N2O4/c11-8(12)6-9(10(13)14)7-4-2-1-3-5-7/h1-5,8,11-12H,6H2. The highest BCUT2D eigenvalue weighted by Gasteiger charge is 2.19. The van der Waals surface area contributed by atoms with Gasteiger partial charge in [0, 0.05) is 0 Å². The third-order valence-electron chi connectivity index (χ3n) is 1.59. The molecule has 14 heavy (non-hydrogen) atoms. The molecular formula is C8H10N2O4. The number of rotatable bonds is 4. The molecule has 2 N–H and O–H groups in total. The predicted octanol–water partition coefficient (Wildman–Crippen LogP) is -0.00460. The second kappa shape index (κ2) is 4.54. The molecule has 76 valence electrons. The lowest BCUT2D eigenvalue weighted by Crippen LogP contribution is -2.36. The SMILES string of the molecule is O=[N+]([O-])N(CC(O)O)c1ccccc1. The van der Waals surface area contributed by atoms with Crippen LogP contribution in [0.4, 0.5) is 5.69 Å². The highest BCUT2D eigenvalue weighted by atomic mass is 16.7. The summed E-state index contributed by atoms with van der Waals surface area (Å²) in [6.07, 6.45) is -1.74.